The second-order valence-corrected chi connectivity index (χ2v) is 7.33. The minimum atomic E-state index is -0.231. The van der Waals surface area contributed by atoms with E-state index in [0.29, 0.717) is 13.2 Å². The number of amides is 1. The molecule has 0 spiro atoms. The molecule has 1 aromatic carbocycles. The molecular weight excluding hydrogens is 380 g/mol. The van der Waals surface area contributed by atoms with Crippen LogP contribution in [-0.4, -0.2) is 29.6 Å². The molecule has 0 unspecified atom stereocenters. The van der Waals surface area contributed by atoms with Crippen LogP contribution in [0.15, 0.2) is 28.9 Å². The number of carbonyl (C=O) groups is 1. The van der Waals surface area contributed by atoms with Crippen molar-refractivity contribution >= 4 is 38.4 Å². The van der Waals surface area contributed by atoms with Gasteiger partial charge >= 0.3 is 0 Å². The maximum Gasteiger partial charge on any atom is 0.224 e. The van der Waals surface area contributed by atoms with Crippen molar-refractivity contribution in [2.24, 2.45) is 0 Å². The molecule has 1 aliphatic heterocycles. The summed E-state index contributed by atoms with van der Waals surface area (Å²) in [6, 6.07) is 6.00. The summed E-state index contributed by atoms with van der Waals surface area (Å²) >= 11 is 3.54. The molecule has 1 amide bonds. The Kier molecular flexibility index (Phi) is 6.58. The van der Waals surface area contributed by atoms with E-state index in [4.69, 9.17) is 4.74 Å². The lowest BCUT2D eigenvalue weighted by Gasteiger charge is -2.44. The molecule has 2 aromatic rings. The third kappa shape index (κ3) is 4.04. The molecule has 5 heteroatoms. The van der Waals surface area contributed by atoms with Crippen LogP contribution >= 0.6 is 15.9 Å². The monoisotopic (exact) mass is 406 g/mol. The van der Waals surface area contributed by atoms with Gasteiger partial charge in [-0.15, -0.1) is 0 Å². The summed E-state index contributed by atoms with van der Waals surface area (Å²) in [4.78, 5) is 19.1. The molecule has 1 aliphatic rings. The van der Waals surface area contributed by atoms with Gasteiger partial charge in [-0.25, -0.2) is 0 Å². The van der Waals surface area contributed by atoms with E-state index >= 15 is 0 Å². The van der Waals surface area contributed by atoms with Crippen molar-refractivity contribution in [2.45, 2.75) is 53.0 Å². The Balaban J connectivity index is 0.00000109. The van der Waals surface area contributed by atoms with Gasteiger partial charge in [0.1, 0.15) is 0 Å². The second kappa shape index (κ2) is 8.28. The number of pyridine rings is 1. The highest BCUT2D eigenvalue weighted by Gasteiger charge is 2.38. The van der Waals surface area contributed by atoms with Gasteiger partial charge in [-0.3, -0.25) is 9.78 Å². The molecule has 136 valence electrons. The zero-order chi connectivity index (χ0) is 18.6. The van der Waals surface area contributed by atoms with Gasteiger partial charge in [0, 0.05) is 41.7 Å². The molecule has 0 aliphatic carbocycles. The first kappa shape index (κ1) is 19.9. The summed E-state index contributed by atoms with van der Waals surface area (Å²) in [5.41, 5.74) is 2.65. The fourth-order valence-electron chi connectivity index (χ4n) is 3.39. The van der Waals surface area contributed by atoms with E-state index in [0.717, 1.165) is 39.5 Å². The van der Waals surface area contributed by atoms with Gasteiger partial charge in [0.15, 0.2) is 0 Å². The van der Waals surface area contributed by atoms with E-state index in [2.05, 4.69) is 27.8 Å². The maximum absolute atomic E-state index is 12.6. The first-order chi connectivity index (χ1) is 11.9. The molecule has 1 saturated heterocycles. The Morgan fingerprint density at radius 2 is 1.92 bits per heavy atom. The first-order valence-electron chi connectivity index (χ1n) is 8.86. The summed E-state index contributed by atoms with van der Waals surface area (Å²) in [5.74, 6) is 0.0602. The third-order valence-electron chi connectivity index (χ3n) is 4.63. The lowest BCUT2D eigenvalue weighted by atomic mass is 9.88. The Morgan fingerprint density at radius 3 is 2.52 bits per heavy atom. The lowest BCUT2D eigenvalue weighted by Crippen LogP contribution is -2.52. The summed E-state index contributed by atoms with van der Waals surface area (Å²) in [6.07, 6.45) is 3.53. The number of ether oxygens (including phenoxy) is 1. The molecule has 4 nitrogen and oxygen atoms in total. The molecule has 0 bridgehead atoms. The largest absolute Gasteiger partial charge is 0.381 e. The Bertz CT molecular complexity index is 749. The fraction of sp³-hybridized carbons (Fsp3) is 0.500. The first-order valence-corrected chi connectivity index (χ1v) is 9.65. The van der Waals surface area contributed by atoms with E-state index in [1.165, 1.54) is 0 Å². The van der Waals surface area contributed by atoms with Crippen molar-refractivity contribution in [3.8, 4) is 0 Å². The Labute approximate surface area is 158 Å². The van der Waals surface area contributed by atoms with Crippen LogP contribution in [-0.2, 0) is 9.53 Å². The molecule has 0 radical (unpaired) electrons. The van der Waals surface area contributed by atoms with Crippen LogP contribution in [0, 0.1) is 6.92 Å². The smallest absolute Gasteiger partial charge is 0.224 e. The number of rotatable bonds is 2. The molecule has 0 atom stereocenters. The number of benzene rings is 1. The molecule has 1 aromatic heterocycles. The highest BCUT2D eigenvalue weighted by molar-refractivity contribution is 9.10. The molecule has 25 heavy (non-hydrogen) atoms. The summed E-state index contributed by atoms with van der Waals surface area (Å²) in [6.45, 7) is 11.2. The van der Waals surface area contributed by atoms with Crippen molar-refractivity contribution in [2.75, 3.05) is 18.1 Å². The normalized spacial score (nSPS) is 16.1. The van der Waals surface area contributed by atoms with Crippen LogP contribution in [0.5, 0.6) is 0 Å². The molecule has 3 rings (SSSR count). The van der Waals surface area contributed by atoms with Crippen molar-refractivity contribution in [1.29, 1.82) is 0 Å². The summed E-state index contributed by atoms with van der Waals surface area (Å²) in [7, 11) is 0. The van der Waals surface area contributed by atoms with Crippen LogP contribution in [0.4, 0.5) is 5.69 Å². The number of fused-ring (bicyclic) bond motifs is 1. The lowest BCUT2D eigenvalue weighted by molar-refractivity contribution is -0.118. The van der Waals surface area contributed by atoms with Crippen molar-refractivity contribution in [3.63, 3.8) is 0 Å². The molecule has 0 N–H and O–H groups in total. The molecule has 2 heterocycles. The fourth-order valence-corrected chi connectivity index (χ4v) is 3.75. The van der Waals surface area contributed by atoms with E-state index in [1.54, 1.807) is 6.92 Å². The predicted molar refractivity (Wildman–Crippen MR) is 107 cm³/mol. The molecule has 1 fully saturated rings. The average Bonchev–Trinajstić information content (AvgIpc) is 2.59. The van der Waals surface area contributed by atoms with Crippen molar-refractivity contribution in [1.82, 2.24) is 4.98 Å². The van der Waals surface area contributed by atoms with Gasteiger partial charge in [0.05, 0.1) is 11.2 Å². The number of hydrogen-bond acceptors (Lipinski definition) is 3. The zero-order valence-corrected chi connectivity index (χ0v) is 17.3. The van der Waals surface area contributed by atoms with Crippen molar-refractivity contribution in [3.05, 3.63) is 34.4 Å². The predicted octanol–water partition coefficient (Wildman–Crippen LogP) is 5.25. The van der Waals surface area contributed by atoms with Crippen LogP contribution in [0.25, 0.3) is 10.9 Å². The number of aryl methyl sites for hydroxylation is 1. The standard InChI is InChI=1S/C18H21BrN2O2.C2H6/c1-12-11-20-16-5-4-14(19)10-15(16)17(12)21(13(2)22)18(3)6-8-23-9-7-18;1-2/h4-5,10-11H,6-9H2,1-3H3;1-2H3. The van der Waals surface area contributed by atoms with Crippen LogP contribution in [0.3, 0.4) is 0 Å². The number of anilines is 1. The van der Waals surface area contributed by atoms with Gasteiger partial charge in [-0.05, 0) is 50.5 Å². The summed E-state index contributed by atoms with van der Waals surface area (Å²) in [5, 5.41) is 1.00. The topological polar surface area (TPSA) is 42.4 Å². The van der Waals surface area contributed by atoms with Gasteiger partial charge in [0.2, 0.25) is 5.91 Å². The molecule has 0 saturated carbocycles. The van der Waals surface area contributed by atoms with Crippen molar-refractivity contribution < 1.29 is 9.53 Å². The van der Waals surface area contributed by atoms with Gasteiger partial charge < -0.3 is 9.64 Å². The van der Waals surface area contributed by atoms with Crippen LogP contribution < -0.4 is 4.90 Å². The van der Waals surface area contributed by atoms with Gasteiger partial charge in [0.25, 0.3) is 0 Å². The number of nitrogens with zero attached hydrogens (tertiary/aromatic N) is 2. The highest BCUT2D eigenvalue weighted by atomic mass is 79.9. The number of halogens is 1. The zero-order valence-electron chi connectivity index (χ0n) is 15.7. The Hall–Kier alpha value is -1.46. The SMILES string of the molecule is CC.CC(=O)N(c1c(C)cnc2ccc(Br)cc12)C1(C)CCOCC1. The third-order valence-corrected chi connectivity index (χ3v) is 5.13. The van der Waals surface area contributed by atoms with Crippen LogP contribution in [0.1, 0.15) is 46.1 Å². The molecular formula is C20H27BrN2O2. The second-order valence-electron chi connectivity index (χ2n) is 6.42. The highest BCUT2D eigenvalue weighted by Crippen LogP contribution is 2.38. The number of hydrogen-bond donors (Lipinski definition) is 0. The minimum absolute atomic E-state index is 0.0602. The van der Waals surface area contributed by atoms with Gasteiger partial charge in [-0.1, -0.05) is 29.8 Å². The van der Waals surface area contributed by atoms with Gasteiger partial charge in [-0.2, -0.15) is 0 Å². The van der Waals surface area contributed by atoms with Crippen LogP contribution in [0.2, 0.25) is 0 Å². The van der Waals surface area contributed by atoms with E-state index in [9.17, 15) is 4.79 Å². The minimum Gasteiger partial charge on any atom is -0.381 e. The number of carbonyl (C=O) groups excluding carboxylic acids is 1. The quantitative estimate of drug-likeness (QED) is 0.683. The van der Waals surface area contributed by atoms with E-state index < -0.39 is 0 Å². The average molecular weight is 407 g/mol. The Morgan fingerprint density at radius 1 is 1.28 bits per heavy atom. The van der Waals surface area contributed by atoms with E-state index in [1.807, 2.05) is 50.1 Å². The number of aromatic nitrogens is 1. The maximum atomic E-state index is 12.6. The summed E-state index contributed by atoms with van der Waals surface area (Å²) < 4.78 is 6.50. The van der Waals surface area contributed by atoms with E-state index in [-0.39, 0.29) is 11.4 Å².